The summed E-state index contributed by atoms with van der Waals surface area (Å²) in [5, 5.41) is -0.247. The third-order valence-corrected chi connectivity index (χ3v) is 7.28. The molecule has 0 aromatic heterocycles. The lowest BCUT2D eigenvalue weighted by Crippen LogP contribution is -2.36. The molecule has 1 aliphatic rings. The van der Waals surface area contributed by atoms with E-state index < -0.39 is 9.84 Å². The van der Waals surface area contributed by atoms with E-state index in [1.807, 2.05) is 24.3 Å². The van der Waals surface area contributed by atoms with Crippen LogP contribution in [0.15, 0.2) is 24.3 Å². The smallest absolute Gasteiger partial charge is 0.154 e. The lowest BCUT2D eigenvalue weighted by atomic mass is 10.0. The van der Waals surface area contributed by atoms with E-state index in [4.69, 9.17) is 4.74 Å². The quantitative estimate of drug-likeness (QED) is 0.787. The third-order valence-electron chi connectivity index (χ3n) is 3.62. The van der Waals surface area contributed by atoms with Crippen molar-refractivity contribution in [2.45, 2.75) is 35.8 Å². The molecular weight excluding hydrogens is 328 g/mol. The molecule has 1 fully saturated rings. The number of ether oxygens (including phenoxy) is 1. The highest BCUT2D eigenvalue weighted by Gasteiger charge is 2.34. The first-order valence-electron chi connectivity index (χ1n) is 6.51. The molecule has 0 bridgehead atoms. The van der Waals surface area contributed by atoms with Gasteiger partial charge in [-0.25, -0.2) is 8.42 Å². The van der Waals surface area contributed by atoms with Crippen LogP contribution in [0.4, 0.5) is 0 Å². The molecule has 0 aliphatic carbocycles. The zero-order chi connectivity index (χ0) is 13.9. The molecule has 2 atom stereocenters. The van der Waals surface area contributed by atoms with Crippen LogP contribution in [-0.2, 0) is 16.3 Å². The second-order valence-electron chi connectivity index (χ2n) is 4.97. The molecule has 1 aliphatic heterocycles. The van der Waals surface area contributed by atoms with Gasteiger partial charge >= 0.3 is 0 Å². The lowest BCUT2D eigenvalue weighted by Gasteiger charge is -2.26. The molecule has 3 nitrogen and oxygen atoms in total. The van der Waals surface area contributed by atoms with E-state index >= 15 is 0 Å². The standard InChI is InChI=1S/C14H19BrO3S/c1-18-12-7-5-11(6-8-12)10-13(15)14-4-2-3-9-19(14,16)17/h5-8,13-14H,2-4,9-10H2,1H3. The van der Waals surface area contributed by atoms with Crippen LogP contribution in [0.25, 0.3) is 0 Å². The molecule has 5 heteroatoms. The van der Waals surface area contributed by atoms with Crippen LogP contribution >= 0.6 is 15.9 Å². The fraction of sp³-hybridized carbons (Fsp3) is 0.571. The highest BCUT2D eigenvalue weighted by Crippen LogP contribution is 2.28. The van der Waals surface area contributed by atoms with Gasteiger partial charge in [0, 0.05) is 4.83 Å². The second kappa shape index (κ2) is 6.27. The van der Waals surface area contributed by atoms with Crippen molar-refractivity contribution in [3.63, 3.8) is 0 Å². The average Bonchev–Trinajstić information content (AvgIpc) is 2.39. The monoisotopic (exact) mass is 346 g/mol. The second-order valence-corrected chi connectivity index (χ2v) is 8.49. The molecule has 0 amide bonds. The van der Waals surface area contributed by atoms with Gasteiger partial charge < -0.3 is 4.74 Å². The number of alkyl halides is 1. The first-order chi connectivity index (χ1) is 9.03. The Balaban J connectivity index is 2.05. The van der Waals surface area contributed by atoms with Gasteiger partial charge in [0.25, 0.3) is 0 Å². The molecule has 0 saturated carbocycles. The van der Waals surface area contributed by atoms with E-state index in [0.717, 1.165) is 37.0 Å². The minimum Gasteiger partial charge on any atom is -0.497 e. The Morgan fingerprint density at radius 3 is 2.58 bits per heavy atom. The Morgan fingerprint density at radius 2 is 2.00 bits per heavy atom. The maximum absolute atomic E-state index is 12.1. The zero-order valence-corrected chi connectivity index (χ0v) is 13.4. The van der Waals surface area contributed by atoms with Crippen molar-refractivity contribution in [2.75, 3.05) is 12.9 Å². The molecule has 1 aromatic rings. The summed E-state index contributed by atoms with van der Waals surface area (Å²) in [4.78, 5) is -0.00815. The number of sulfone groups is 1. The van der Waals surface area contributed by atoms with Crippen LogP contribution in [-0.4, -0.2) is 31.4 Å². The van der Waals surface area contributed by atoms with Crippen LogP contribution < -0.4 is 4.74 Å². The van der Waals surface area contributed by atoms with Gasteiger partial charge in [0.2, 0.25) is 0 Å². The fourth-order valence-electron chi connectivity index (χ4n) is 2.50. The van der Waals surface area contributed by atoms with Crippen LogP contribution in [0.3, 0.4) is 0 Å². The fourth-order valence-corrected chi connectivity index (χ4v) is 6.11. The molecular formula is C14H19BrO3S. The van der Waals surface area contributed by atoms with E-state index in [1.54, 1.807) is 7.11 Å². The first kappa shape index (κ1) is 14.9. The minimum atomic E-state index is -2.93. The molecule has 106 valence electrons. The van der Waals surface area contributed by atoms with E-state index in [0.29, 0.717) is 5.75 Å². The van der Waals surface area contributed by atoms with E-state index in [9.17, 15) is 8.42 Å². The van der Waals surface area contributed by atoms with Gasteiger partial charge in [-0.15, -0.1) is 0 Å². The Morgan fingerprint density at radius 1 is 1.32 bits per heavy atom. The molecule has 2 rings (SSSR count). The summed E-state index contributed by atoms with van der Waals surface area (Å²) >= 11 is 3.58. The first-order valence-corrected chi connectivity index (χ1v) is 9.14. The van der Waals surface area contributed by atoms with Crippen molar-refractivity contribution in [3.8, 4) is 5.75 Å². The SMILES string of the molecule is COc1ccc(CC(Br)C2CCCCS2(=O)=O)cc1. The van der Waals surface area contributed by atoms with Gasteiger partial charge in [0.15, 0.2) is 9.84 Å². The molecule has 0 radical (unpaired) electrons. The molecule has 0 N–H and O–H groups in total. The average molecular weight is 347 g/mol. The van der Waals surface area contributed by atoms with E-state index in [-0.39, 0.29) is 10.1 Å². The summed E-state index contributed by atoms with van der Waals surface area (Å²) in [7, 11) is -1.29. The maximum Gasteiger partial charge on any atom is 0.154 e. The van der Waals surface area contributed by atoms with Crippen LogP contribution in [0.2, 0.25) is 0 Å². The summed E-state index contributed by atoms with van der Waals surface area (Å²) in [6.45, 7) is 0. The predicted octanol–water partition coefficient (Wildman–Crippen LogP) is 2.97. The summed E-state index contributed by atoms with van der Waals surface area (Å²) in [6, 6.07) is 7.79. The highest BCUT2D eigenvalue weighted by molar-refractivity contribution is 9.09. The van der Waals surface area contributed by atoms with Crippen LogP contribution in [0, 0.1) is 0 Å². The summed E-state index contributed by atoms with van der Waals surface area (Å²) in [5.74, 6) is 1.16. The number of hydrogen-bond acceptors (Lipinski definition) is 3. The van der Waals surface area contributed by atoms with Crippen molar-refractivity contribution >= 4 is 25.8 Å². The Bertz CT molecular complexity index is 510. The Hall–Kier alpha value is -0.550. The Kier molecular flexibility index (Phi) is 4.90. The lowest BCUT2D eigenvalue weighted by molar-refractivity contribution is 0.414. The van der Waals surface area contributed by atoms with Crippen molar-refractivity contribution < 1.29 is 13.2 Å². The predicted molar refractivity (Wildman–Crippen MR) is 80.8 cm³/mol. The van der Waals surface area contributed by atoms with Gasteiger partial charge in [0.05, 0.1) is 18.1 Å². The Labute approximate surface area is 123 Å². The van der Waals surface area contributed by atoms with Crippen LogP contribution in [0.5, 0.6) is 5.75 Å². The van der Waals surface area contributed by atoms with E-state index in [1.165, 1.54) is 0 Å². The topological polar surface area (TPSA) is 43.4 Å². The molecule has 1 saturated heterocycles. The van der Waals surface area contributed by atoms with Crippen molar-refractivity contribution in [1.29, 1.82) is 0 Å². The minimum absolute atomic E-state index is 0.00815. The van der Waals surface area contributed by atoms with Crippen molar-refractivity contribution in [3.05, 3.63) is 29.8 Å². The molecule has 1 heterocycles. The van der Waals surface area contributed by atoms with Gasteiger partial charge in [-0.2, -0.15) is 0 Å². The van der Waals surface area contributed by atoms with Crippen molar-refractivity contribution in [2.24, 2.45) is 0 Å². The number of methoxy groups -OCH3 is 1. The number of halogens is 1. The van der Waals surface area contributed by atoms with E-state index in [2.05, 4.69) is 15.9 Å². The van der Waals surface area contributed by atoms with Crippen LogP contribution in [0.1, 0.15) is 24.8 Å². The number of hydrogen-bond donors (Lipinski definition) is 0. The zero-order valence-electron chi connectivity index (χ0n) is 11.0. The largest absolute Gasteiger partial charge is 0.497 e. The van der Waals surface area contributed by atoms with Gasteiger partial charge in [-0.3, -0.25) is 0 Å². The van der Waals surface area contributed by atoms with Gasteiger partial charge in [-0.05, 0) is 37.0 Å². The highest BCUT2D eigenvalue weighted by atomic mass is 79.9. The number of rotatable bonds is 4. The number of benzene rings is 1. The van der Waals surface area contributed by atoms with Crippen molar-refractivity contribution in [1.82, 2.24) is 0 Å². The normalized spacial score (nSPS) is 23.8. The molecule has 19 heavy (non-hydrogen) atoms. The van der Waals surface area contributed by atoms with Gasteiger partial charge in [0.1, 0.15) is 5.75 Å². The molecule has 0 spiro atoms. The summed E-state index contributed by atoms with van der Waals surface area (Å²) in [5.41, 5.74) is 1.13. The van der Waals surface area contributed by atoms with Gasteiger partial charge in [-0.1, -0.05) is 34.5 Å². The molecule has 2 unspecified atom stereocenters. The maximum atomic E-state index is 12.1. The third kappa shape index (κ3) is 3.72. The molecule has 1 aromatic carbocycles. The summed E-state index contributed by atoms with van der Waals surface area (Å²) < 4.78 is 29.2. The summed E-state index contributed by atoms with van der Waals surface area (Å²) in [6.07, 6.45) is 3.32.